The Labute approximate surface area is 120 Å². The molecule has 19 heavy (non-hydrogen) atoms. The van der Waals surface area contributed by atoms with Crippen molar-refractivity contribution in [2.24, 2.45) is 11.8 Å². The Morgan fingerprint density at radius 2 is 2.11 bits per heavy atom. The van der Waals surface area contributed by atoms with E-state index in [0.717, 1.165) is 43.5 Å². The quantitative estimate of drug-likeness (QED) is 0.804. The SMILES string of the molecule is CC(C)COC1CCN(c2nc(CC(C)C)ns2)C1. The topological polar surface area (TPSA) is 38.2 Å². The summed E-state index contributed by atoms with van der Waals surface area (Å²) in [5.41, 5.74) is 0. The zero-order chi connectivity index (χ0) is 13.8. The number of hydrogen-bond donors (Lipinski definition) is 0. The minimum Gasteiger partial charge on any atom is -0.376 e. The molecule has 0 bridgehead atoms. The largest absolute Gasteiger partial charge is 0.376 e. The van der Waals surface area contributed by atoms with Crippen LogP contribution in [0.4, 0.5) is 5.13 Å². The number of ether oxygens (including phenoxy) is 1. The Bertz CT molecular complexity index is 392. The molecular weight excluding hydrogens is 258 g/mol. The summed E-state index contributed by atoms with van der Waals surface area (Å²) in [6.45, 7) is 11.6. The molecule has 4 nitrogen and oxygen atoms in total. The Morgan fingerprint density at radius 3 is 2.79 bits per heavy atom. The van der Waals surface area contributed by atoms with Crippen LogP contribution in [0, 0.1) is 11.8 Å². The van der Waals surface area contributed by atoms with Gasteiger partial charge in [0.25, 0.3) is 0 Å². The van der Waals surface area contributed by atoms with Crippen LogP contribution in [0.2, 0.25) is 0 Å². The van der Waals surface area contributed by atoms with E-state index in [4.69, 9.17) is 4.74 Å². The number of anilines is 1. The monoisotopic (exact) mass is 283 g/mol. The molecule has 0 saturated carbocycles. The number of nitrogens with zero attached hydrogens (tertiary/aromatic N) is 3. The summed E-state index contributed by atoms with van der Waals surface area (Å²) in [7, 11) is 0. The minimum atomic E-state index is 0.361. The first kappa shape index (κ1) is 14.7. The van der Waals surface area contributed by atoms with Crippen LogP contribution in [0.15, 0.2) is 0 Å². The van der Waals surface area contributed by atoms with Crippen LogP contribution in [0.3, 0.4) is 0 Å². The summed E-state index contributed by atoms with van der Waals surface area (Å²) in [4.78, 5) is 6.95. The number of rotatable bonds is 6. The van der Waals surface area contributed by atoms with Gasteiger partial charge >= 0.3 is 0 Å². The molecule has 5 heteroatoms. The van der Waals surface area contributed by atoms with Crippen molar-refractivity contribution in [2.75, 3.05) is 24.6 Å². The highest BCUT2D eigenvalue weighted by Gasteiger charge is 2.25. The van der Waals surface area contributed by atoms with Gasteiger partial charge < -0.3 is 9.64 Å². The third-order valence-electron chi connectivity index (χ3n) is 3.13. The first-order chi connectivity index (χ1) is 9.04. The van der Waals surface area contributed by atoms with Crippen LogP contribution in [0.1, 0.15) is 39.9 Å². The highest BCUT2D eigenvalue weighted by molar-refractivity contribution is 7.09. The van der Waals surface area contributed by atoms with E-state index in [1.807, 2.05) is 0 Å². The van der Waals surface area contributed by atoms with Crippen molar-refractivity contribution >= 4 is 16.7 Å². The van der Waals surface area contributed by atoms with Gasteiger partial charge in [-0.1, -0.05) is 27.7 Å². The summed E-state index contributed by atoms with van der Waals surface area (Å²) < 4.78 is 10.4. The van der Waals surface area contributed by atoms with Gasteiger partial charge in [0.15, 0.2) is 0 Å². The fourth-order valence-corrected chi connectivity index (χ4v) is 2.92. The lowest BCUT2D eigenvalue weighted by molar-refractivity contribution is 0.0497. The summed E-state index contributed by atoms with van der Waals surface area (Å²) in [6, 6.07) is 0. The van der Waals surface area contributed by atoms with Crippen LogP contribution >= 0.6 is 11.5 Å². The average Bonchev–Trinajstić information content (AvgIpc) is 2.93. The summed E-state index contributed by atoms with van der Waals surface area (Å²) in [6.07, 6.45) is 2.43. The predicted octanol–water partition coefficient (Wildman–Crippen LogP) is 2.99. The highest BCUT2D eigenvalue weighted by atomic mass is 32.1. The Morgan fingerprint density at radius 1 is 1.32 bits per heavy atom. The van der Waals surface area contributed by atoms with Gasteiger partial charge in [-0.15, -0.1) is 0 Å². The van der Waals surface area contributed by atoms with Crippen molar-refractivity contribution in [3.8, 4) is 0 Å². The molecule has 0 amide bonds. The number of aromatic nitrogens is 2. The van der Waals surface area contributed by atoms with E-state index in [1.165, 1.54) is 11.5 Å². The van der Waals surface area contributed by atoms with Crippen molar-refractivity contribution in [1.82, 2.24) is 9.36 Å². The van der Waals surface area contributed by atoms with Gasteiger partial charge in [-0.2, -0.15) is 4.37 Å². The molecule has 2 rings (SSSR count). The summed E-state index contributed by atoms with van der Waals surface area (Å²) in [5.74, 6) is 2.21. The van der Waals surface area contributed by atoms with Crippen molar-refractivity contribution in [1.29, 1.82) is 0 Å². The Kier molecular flexibility index (Phi) is 5.16. The zero-order valence-corrected chi connectivity index (χ0v) is 13.2. The Balaban J connectivity index is 1.84. The van der Waals surface area contributed by atoms with E-state index in [1.54, 1.807) is 0 Å². The van der Waals surface area contributed by atoms with Crippen LogP contribution in [-0.4, -0.2) is 35.2 Å². The molecule has 1 unspecified atom stereocenters. The fourth-order valence-electron chi connectivity index (χ4n) is 2.19. The normalized spacial score (nSPS) is 19.9. The molecular formula is C14H25N3OS. The standard InChI is InChI=1S/C14H25N3OS/c1-10(2)7-13-15-14(19-16-13)17-6-5-12(8-17)18-9-11(3)4/h10-12H,5-9H2,1-4H3. The average molecular weight is 283 g/mol. The van der Waals surface area contributed by atoms with Gasteiger partial charge in [0.2, 0.25) is 5.13 Å². The lowest BCUT2D eigenvalue weighted by atomic mass is 10.1. The van der Waals surface area contributed by atoms with Crippen molar-refractivity contribution in [3.63, 3.8) is 0 Å². The molecule has 0 aromatic carbocycles. The fraction of sp³-hybridized carbons (Fsp3) is 0.857. The minimum absolute atomic E-state index is 0.361. The van der Waals surface area contributed by atoms with Gasteiger partial charge in [-0.3, -0.25) is 0 Å². The Hall–Kier alpha value is -0.680. The second-order valence-corrected chi connectivity index (χ2v) is 6.91. The molecule has 0 radical (unpaired) electrons. The van der Waals surface area contributed by atoms with E-state index in [2.05, 4.69) is 42.0 Å². The maximum absolute atomic E-state index is 5.90. The first-order valence-corrected chi connectivity index (χ1v) is 8.01. The van der Waals surface area contributed by atoms with E-state index < -0.39 is 0 Å². The maximum atomic E-state index is 5.90. The smallest absolute Gasteiger partial charge is 0.205 e. The van der Waals surface area contributed by atoms with Crippen LogP contribution in [0.25, 0.3) is 0 Å². The van der Waals surface area contributed by atoms with E-state index in [0.29, 0.717) is 17.9 Å². The van der Waals surface area contributed by atoms with Gasteiger partial charge in [0, 0.05) is 37.6 Å². The van der Waals surface area contributed by atoms with Crippen LogP contribution < -0.4 is 4.90 Å². The summed E-state index contributed by atoms with van der Waals surface area (Å²) >= 11 is 1.52. The van der Waals surface area contributed by atoms with Crippen molar-refractivity contribution in [3.05, 3.63) is 5.82 Å². The molecule has 1 fully saturated rings. The summed E-state index contributed by atoms with van der Waals surface area (Å²) in [5, 5.41) is 1.06. The van der Waals surface area contributed by atoms with Crippen LogP contribution in [0.5, 0.6) is 0 Å². The molecule has 1 aromatic heterocycles. The van der Waals surface area contributed by atoms with Gasteiger partial charge in [-0.05, 0) is 18.3 Å². The second kappa shape index (κ2) is 6.66. The van der Waals surface area contributed by atoms with E-state index in [-0.39, 0.29) is 0 Å². The third kappa shape index (κ3) is 4.42. The van der Waals surface area contributed by atoms with Crippen LogP contribution in [-0.2, 0) is 11.2 Å². The molecule has 0 spiro atoms. The first-order valence-electron chi connectivity index (χ1n) is 7.23. The van der Waals surface area contributed by atoms with Gasteiger partial charge in [-0.25, -0.2) is 4.98 Å². The molecule has 0 N–H and O–H groups in total. The molecule has 1 aromatic rings. The second-order valence-electron chi connectivity index (χ2n) is 6.18. The highest BCUT2D eigenvalue weighted by Crippen LogP contribution is 2.24. The maximum Gasteiger partial charge on any atom is 0.205 e. The molecule has 2 heterocycles. The number of hydrogen-bond acceptors (Lipinski definition) is 5. The lowest BCUT2D eigenvalue weighted by Crippen LogP contribution is -2.23. The van der Waals surface area contributed by atoms with Gasteiger partial charge in [0.1, 0.15) is 5.82 Å². The lowest BCUT2D eigenvalue weighted by Gasteiger charge is -2.15. The zero-order valence-electron chi connectivity index (χ0n) is 12.4. The molecule has 1 saturated heterocycles. The molecule has 1 atom stereocenters. The molecule has 1 aliphatic rings. The molecule has 0 aliphatic carbocycles. The molecule has 1 aliphatic heterocycles. The third-order valence-corrected chi connectivity index (χ3v) is 3.94. The van der Waals surface area contributed by atoms with E-state index in [9.17, 15) is 0 Å². The molecule has 108 valence electrons. The van der Waals surface area contributed by atoms with E-state index >= 15 is 0 Å². The van der Waals surface area contributed by atoms with Crippen molar-refractivity contribution < 1.29 is 4.74 Å². The van der Waals surface area contributed by atoms with Crippen molar-refractivity contribution in [2.45, 2.75) is 46.6 Å². The predicted molar refractivity (Wildman–Crippen MR) is 79.9 cm³/mol. The van der Waals surface area contributed by atoms with Gasteiger partial charge in [0.05, 0.1) is 6.10 Å².